The fourth-order valence-corrected chi connectivity index (χ4v) is 3.91. The molecular formula is C20H24N4O. The van der Waals surface area contributed by atoms with Gasteiger partial charge in [-0.25, -0.2) is 4.98 Å². The lowest BCUT2D eigenvalue weighted by atomic mass is 9.90. The van der Waals surface area contributed by atoms with Crippen LogP contribution in [0.25, 0.3) is 10.9 Å². The smallest absolute Gasteiger partial charge is 0.137 e. The van der Waals surface area contributed by atoms with Crippen molar-refractivity contribution in [2.24, 2.45) is 13.0 Å². The predicted molar refractivity (Wildman–Crippen MR) is 99.6 cm³/mol. The van der Waals surface area contributed by atoms with Crippen molar-refractivity contribution in [1.29, 1.82) is 0 Å². The Kier molecular flexibility index (Phi) is 4.17. The lowest BCUT2D eigenvalue weighted by Crippen LogP contribution is -2.36. The summed E-state index contributed by atoms with van der Waals surface area (Å²) in [6.45, 7) is 3.99. The van der Waals surface area contributed by atoms with Gasteiger partial charge in [-0.2, -0.15) is 0 Å². The van der Waals surface area contributed by atoms with Crippen LogP contribution in [0.2, 0.25) is 0 Å². The van der Waals surface area contributed by atoms with E-state index in [0.717, 1.165) is 37.3 Å². The number of aromatic nitrogens is 3. The molecule has 0 bridgehead atoms. The molecule has 5 heteroatoms. The van der Waals surface area contributed by atoms with E-state index in [2.05, 4.69) is 46.1 Å². The summed E-state index contributed by atoms with van der Waals surface area (Å²) in [6, 6.07) is 8.46. The monoisotopic (exact) mass is 336 g/mol. The molecule has 0 amide bonds. The highest BCUT2D eigenvalue weighted by Gasteiger charge is 2.29. The maximum absolute atomic E-state index is 10.7. The van der Waals surface area contributed by atoms with Gasteiger partial charge in [-0.05, 0) is 37.3 Å². The second kappa shape index (κ2) is 6.48. The lowest BCUT2D eigenvalue weighted by Gasteiger charge is -2.36. The Balaban J connectivity index is 1.53. The number of hydrogen-bond acceptors (Lipinski definition) is 4. The quantitative estimate of drug-likeness (QED) is 0.798. The Bertz CT molecular complexity index is 880. The minimum atomic E-state index is -0.487. The minimum absolute atomic E-state index is 0.257. The molecule has 1 aromatic carbocycles. The van der Waals surface area contributed by atoms with E-state index < -0.39 is 6.10 Å². The van der Waals surface area contributed by atoms with Gasteiger partial charge in [0, 0.05) is 49.8 Å². The van der Waals surface area contributed by atoms with Crippen LogP contribution in [-0.2, 0) is 7.05 Å². The zero-order valence-corrected chi connectivity index (χ0v) is 14.8. The molecule has 5 nitrogen and oxygen atoms in total. The molecule has 3 heterocycles. The highest BCUT2D eigenvalue weighted by Crippen LogP contribution is 2.34. The van der Waals surface area contributed by atoms with Gasteiger partial charge in [0.15, 0.2) is 0 Å². The van der Waals surface area contributed by atoms with Crippen molar-refractivity contribution in [2.75, 3.05) is 18.0 Å². The van der Waals surface area contributed by atoms with Crippen LogP contribution in [0.5, 0.6) is 0 Å². The van der Waals surface area contributed by atoms with E-state index in [1.807, 2.05) is 24.0 Å². The zero-order chi connectivity index (χ0) is 17.4. The van der Waals surface area contributed by atoms with Crippen LogP contribution in [0.1, 0.15) is 30.3 Å². The number of imidazole rings is 1. The number of anilines is 1. The number of fused-ring (bicyclic) bond motifs is 1. The van der Waals surface area contributed by atoms with E-state index in [0.29, 0.717) is 0 Å². The molecule has 3 aromatic rings. The lowest BCUT2D eigenvalue weighted by molar-refractivity contribution is 0.0825. The predicted octanol–water partition coefficient (Wildman–Crippen LogP) is 3.23. The highest BCUT2D eigenvalue weighted by molar-refractivity contribution is 5.93. The number of nitrogens with zero attached hydrogens (tertiary/aromatic N) is 4. The second-order valence-electron chi connectivity index (χ2n) is 6.97. The van der Waals surface area contributed by atoms with Crippen LogP contribution in [-0.4, -0.2) is 32.7 Å². The average Bonchev–Trinajstić information content (AvgIpc) is 3.07. The molecule has 1 atom stereocenters. The van der Waals surface area contributed by atoms with E-state index in [-0.39, 0.29) is 5.92 Å². The number of hydrogen-bond donors (Lipinski definition) is 1. The second-order valence-corrected chi connectivity index (χ2v) is 6.97. The molecule has 4 rings (SSSR count). The van der Waals surface area contributed by atoms with Gasteiger partial charge < -0.3 is 14.6 Å². The number of pyridine rings is 1. The third-order valence-electron chi connectivity index (χ3n) is 5.40. The van der Waals surface area contributed by atoms with Crippen LogP contribution >= 0.6 is 0 Å². The average molecular weight is 336 g/mol. The standard InChI is InChI=1S/C20H24N4O/c1-14-4-3-5-16-17(6-9-21-18(14)16)24-11-7-15(8-12-24)19(25)20-22-10-13-23(20)2/h3-6,9-10,13,15,19,25H,7-8,11-12H2,1-2H3. The number of piperidine rings is 1. The van der Waals surface area contributed by atoms with Gasteiger partial charge in [0.1, 0.15) is 11.9 Å². The summed E-state index contributed by atoms with van der Waals surface area (Å²) in [5.74, 6) is 1.02. The molecule has 0 saturated carbocycles. The molecule has 1 N–H and O–H groups in total. The molecule has 2 aromatic heterocycles. The Morgan fingerprint density at radius 2 is 1.92 bits per heavy atom. The summed E-state index contributed by atoms with van der Waals surface area (Å²) in [5.41, 5.74) is 3.54. The first-order valence-electron chi connectivity index (χ1n) is 8.89. The van der Waals surface area contributed by atoms with Crippen LogP contribution in [0, 0.1) is 12.8 Å². The first kappa shape index (κ1) is 16.1. The van der Waals surface area contributed by atoms with Crippen LogP contribution in [0.4, 0.5) is 5.69 Å². The van der Waals surface area contributed by atoms with Crippen molar-refractivity contribution in [2.45, 2.75) is 25.9 Å². The molecule has 1 unspecified atom stereocenters. The highest BCUT2D eigenvalue weighted by atomic mass is 16.3. The van der Waals surface area contributed by atoms with Crippen molar-refractivity contribution >= 4 is 16.6 Å². The number of aliphatic hydroxyl groups is 1. The molecule has 0 spiro atoms. The number of para-hydroxylation sites is 1. The molecule has 0 radical (unpaired) electrons. The van der Waals surface area contributed by atoms with Gasteiger partial charge >= 0.3 is 0 Å². The topological polar surface area (TPSA) is 54.2 Å². The maximum atomic E-state index is 10.7. The van der Waals surface area contributed by atoms with Gasteiger partial charge in [0.2, 0.25) is 0 Å². The molecule has 1 saturated heterocycles. The zero-order valence-electron chi connectivity index (χ0n) is 14.8. The first-order chi connectivity index (χ1) is 12.1. The van der Waals surface area contributed by atoms with Crippen molar-refractivity contribution in [3.8, 4) is 0 Å². The normalized spacial score (nSPS) is 17.2. The van der Waals surface area contributed by atoms with Crippen molar-refractivity contribution in [1.82, 2.24) is 14.5 Å². The number of aliphatic hydroxyl groups excluding tert-OH is 1. The van der Waals surface area contributed by atoms with E-state index in [1.54, 1.807) is 6.20 Å². The van der Waals surface area contributed by atoms with Gasteiger partial charge in [0.05, 0.1) is 5.52 Å². The fraction of sp³-hybridized carbons (Fsp3) is 0.400. The van der Waals surface area contributed by atoms with Crippen LogP contribution in [0.3, 0.4) is 0 Å². The summed E-state index contributed by atoms with van der Waals surface area (Å²) < 4.78 is 1.91. The van der Waals surface area contributed by atoms with Crippen LogP contribution in [0.15, 0.2) is 42.9 Å². The molecule has 130 valence electrons. The van der Waals surface area contributed by atoms with Gasteiger partial charge in [-0.3, -0.25) is 4.98 Å². The largest absolute Gasteiger partial charge is 0.385 e. The molecule has 0 aliphatic carbocycles. The van der Waals surface area contributed by atoms with Crippen LogP contribution < -0.4 is 4.90 Å². The Morgan fingerprint density at radius 1 is 1.12 bits per heavy atom. The summed E-state index contributed by atoms with van der Waals surface area (Å²) in [6.07, 6.45) is 6.98. The van der Waals surface area contributed by atoms with E-state index in [4.69, 9.17) is 0 Å². The van der Waals surface area contributed by atoms with Crippen molar-refractivity contribution < 1.29 is 5.11 Å². The Hall–Kier alpha value is -2.40. The Morgan fingerprint density at radius 3 is 2.64 bits per heavy atom. The minimum Gasteiger partial charge on any atom is -0.385 e. The molecule has 1 aliphatic rings. The SMILES string of the molecule is Cc1cccc2c(N3CCC(C(O)c4nccn4C)CC3)ccnc12. The third kappa shape index (κ3) is 2.89. The maximum Gasteiger partial charge on any atom is 0.137 e. The number of rotatable bonds is 3. The molecule has 25 heavy (non-hydrogen) atoms. The first-order valence-corrected chi connectivity index (χ1v) is 8.89. The van der Waals surface area contributed by atoms with E-state index in [1.165, 1.54) is 16.6 Å². The van der Waals surface area contributed by atoms with Gasteiger partial charge in [0.25, 0.3) is 0 Å². The third-order valence-corrected chi connectivity index (χ3v) is 5.40. The molecule has 1 aliphatic heterocycles. The van der Waals surface area contributed by atoms with Gasteiger partial charge in [-0.15, -0.1) is 0 Å². The summed E-state index contributed by atoms with van der Waals surface area (Å²) >= 11 is 0. The summed E-state index contributed by atoms with van der Waals surface area (Å²) in [4.78, 5) is 11.3. The number of benzene rings is 1. The van der Waals surface area contributed by atoms with E-state index in [9.17, 15) is 5.11 Å². The summed E-state index contributed by atoms with van der Waals surface area (Å²) in [5, 5.41) is 11.9. The number of aryl methyl sites for hydroxylation is 2. The molecular weight excluding hydrogens is 312 g/mol. The fourth-order valence-electron chi connectivity index (χ4n) is 3.91. The van der Waals surface area contributed by atoms with Crippen molar-refractivity contribution in [3.63, 3.8) is 0 Å². The summed E-state index contributed by atoms with van der Waals surface area (Å²) in [7, 11) is 1.94. The van der Waals surface area contributed by atoms with Crippen molar-refractivity contribution in [3.05, 3.63) is 54.2 Å². The van der Waals surface area contributed by atoms with Gasteiger partial charge in [-0.1, -0.05) is 18.2 Å². The van der Waals surface area contributed by atoms with E-state index >= 15 is 0 Å². The molecule has 1 fully saturated rings. The Labute approximate surface area is 147 Å².